The first kappa shape index (κ1) is 13.9. The third-order valence-corrected chi connectivity index (χ3v) is 4.17. The van der Waals surface area contributed by atoms with E-state index in [0.29, 0.717) is 19.7 Å². The molecule has 1 atom stereocenters. The molecule has 0 aliphatic carbocycles. The highest BCUT2D eigenvalue weighted by Crippen LogP contribution is 2.35. The summed E-state index contributed by atoms with van der Waals surface area (Å²) in [5.74, 6) is 0.717. The lowest BCUT2D eigenvalue weighted by Crippen LogP contribution is -2.40. The number of aromatic nitrogens is 1. The van der Waals surface area contributed by atoms with E-state index in [2.05, 4.69) is 5.16 Å². The van der Waals surface area contributed by atoms with Gasteiger partial charge in [-0.05, 0) is 26.7 Å². The Balaban J connectivity index is 1.75. The molecule has 0 aromatic carbocycles. The average molecular weight is 293 g/mol. The molecule has 7 heteroatoms. The SMILES string of the molecule is Cc1noc(C)c1[C@@H]1CCCN1C(=O)CN1CCOC1=O. The van der Waals surface area contributed by atoms with E-state index in [-0.39, 0.29) is 18.5 Å². The molecule has 114 valence electrons. The second-order valence-corrected chi connectivity index (χ2v) is 5.52. The van der Waals surface area contributed by atoms with Crippen molar-refractivity contribution in [2.45, 2.75) is 32.7 Å². The van der Waals surface area contributed by atoms with E-state index in [1.165, 1.54) is 4.90 Å². The molecule has 2 fully saturated rings. The second-order valence-electron chi connectivity index (χ2n) is 5.52. The lowest BCUT2D eigenvalue weighted by Gasteiger charge is -2.26. The van der Waals surface area contributed by atoms with Crippen LogP contribution in [-0.4, -0.2) is 53.2 Å². The standard InChI is InChI=1S/C14H19N3O4/c1-9-13(10(2)21-15-9)11-4-3-5-17(11)12(18)8-16-6-7-20-14(16)19/h11H,3-8H2,1-2H3/t11-/m0/s1. The molecule has 2 saturated heterocycles. The molecule has 0 unspecified atom stereocenters. The average Bonchev–Trinajstić information content (AvgIpc) is 3.13. The zero-order valence-electron chi connectivity index (χ0n) is 12.3. The van der Waals surface area contributed by atoms with Gasteiger partial charge in [0.15, 0.2) is 0 Å². The van der Waals surface area contributed by atoms with Crippen LogP contribution in [0, 0.1) is 13.8 Å². The summed E-state index contributed by atoms with van der Waals surface area (Å²) in [6, 6.07) is 0.00220. The van der Waals surface area contributed by atoms with Crippen LogP contribution < -0.4 is 0 Å². The summed E-state index contributed by atoms with van der Waals surface area (Å²) in [6.07, 6.45) is 1.45. The molecule has 7 nitrogen and oxygen atoms in total. The Morgan fingerprint density at radius 1 is 1.38 bits per heavy atom. The Bertz CT molecular complexity index is 549. The van der Waals surface area contributed by atoms with Gasteiger partial charge >= 0.3 is 6.09 Å². The highest BCUT2D eigenvalue weighted by atomic mass is 16.6. The summed E-state index contributed by atoms with van der Waals surface area (Å²) >= 11 is 0. The molecule has 21 heavy (non-hydrogen) atoms. The fraction of sp³-hybridized carbons (Fsp3) is 0.643. The van der Waals surface area contributed by atoms with Crippen molar-refractivity contribution in [3.05, 3.63) is 17.0 Å². The van der Waals surface area contributed by atoms with Gasteiger partial charge in [-0.15, -0.1) is 0 Å². The number of nitrogens with zero attached hydrogens (tertiary/aromatic N) is 3. The first-order valence-corrected chi connectivity index (χ1v) is 7.22. The lowest BCUT2D eigenvalue weighted by molar-refractivity contribution is -0.132. The zero-order chi connectivity index (χ0) is 15.0. The van der Waals surface area contributed by atoms with E-state index in [4.69, 9.17) is 9.26 Å². The molecule has 1 aromatic heterocycles. The molecule has 3 rings (SSSR count). The maximum atomic E-state index is 12.5. The fourth-order valence-corrected chi connectivity index (χ4v) is 3.15. The largest absolute Gasteiger partial charge is 0.448 e. The molecule has 0 saturated carbocycles. The Kier molecular flexibility index (Phi) is 3.57. The predicted molar refractivity (Wildman–Crippen MR) is 72.6 cm³/mol. The number of amides is 2. The number of cyclic esters (lactones) is 1. The maximum absolute atomic E-state index is 12.5. The smallest absolute Gasteiger partial charge is 0.410 e. The van der Waals surface area contributed by atoms with Crippen LogP contribution in [0.5, 0.6) is 0 Å². The second kappa shape index (κ2) is 5.38. The number of carbonyl (C=O) groups is 2. The number of aryl methyl sites for hydroxylation is 2. The Morgan fingerprint density at radius 2 is 2.19 bits per heavy atom. The molecule has 0 N–H and O–H groups in total. The molecule has 0 spiro atoms. The van der Waals surface area contributed by atoms with Gasteiger partial charge in [-0.25, -0.2) is 4.79 Å². The summed E-state index contributed by atoms with van der Waals surface area (Å²) in [4.78, 5) is 27.2. The number of hydrogen-bond acceptors (Lipinski definition) is 5. The minimum absolute atomic E-state index is 0.00220. The molecule has 0 bridgehead atoms. The van der Waals surface area contributed by atoms with Gasteiger partial charge in [-0.2, -0.15) is 0 Å². The Morgan fingerprint density at radius 3 is 2.81 bits per heavy atom. The van der Waals surface area contributed by atoms with Gasteiger partial charge in [0.2, 0.25) is 5.91 Å². The molecule has 1 aromatic rings. The van der Waals surface area contributed by atoms with Gasteiger partial charge in [-0.3, -0.25) is 9.69 Å². The number of ether oxygens (including phenoxy) is 1. The number of carbonyl (C=O) groups excluding carboxylic acids is 2. The number of hydrogen-bond donors (Lipinski definition) is 0. The number of likely N-dealkylation sites (tertiary alicyclic amines) is 1. The predicted octanol–water partition coefficient (Wildman–Crippen LogP) is 1.41. The molecule has 2 aliphatic rings. The van der Waals surface area contributed by atoms with Gasteiger partial charge in [0.05, 0.1) is 18.3 Å². The Hall–Kier alpha value is -2.05. The molecular formula is C14H19N3O4. The van der Waals surface area contributed by atoms with Crippen LogP contribution >= 0.6 is 0 Å². The quantitative estimate of drug-likeness (QED) is 0.842. The summed E-state index contributed by atoms with van der Waals surface area (Å²) in [5.41, 5.74) is 1.84. The van der Waals surface area contributed by atoms with Gasteiger partial charge in [0, 0.05) is 12.1 Å². The van der Waals surface area contributed by atoms with Crippen LogP contribution in [-0.2, 0) is 9.53 Å². The molecule has 2 aliphatic heterocycles. The minimum Gasteiger partial charge on any atom is -0.448 e. The summed E-state index contributed by atoms with van der Waals surface area (Å²) in [7, 11) is 0. The normalized spacial score (nSPS) is 22.0. The molecule has 2 amide bonds. The van der Waals surface area contributed by atoms with Crippen molar-refractivity contribution in [2.24, 2.45) is 0 Å². The van der Waals surface area contributed by atoms with E-state index in [9.17, 15) is 9.59 Å². The van der Waals surface area contributed by atoms with Crippen LogP contribution in [0.1, 0.15) is 35.9 Å². The van der Waals surface area contributed by atoms with Crippen molar-refractivity contribution in [1.82, 2.24) is 15.0 Å². The van der Waals surface area contributed by atoms with Crippen LogP contribution in [0.4, 0.5) is 4.79 Å². The fourth-order valence-electron chi connectivity index (χ4n) is 3.15. The highest BCUT2D eigenvalue weighted by molar-refractivity contribution is 5.83. The van der Waals surface area contributed by atoms with Crippen molar-refractivity contribution in [3.8, 4) is 0 Å². The van der Waals surface area contributed by atoms with E-state index in [1.807, 2.05) is 18.7 Å². The number of rotatable bonds is 3. The van der Waals surface area contributed by atoms with Crippen molar-refractivity contribution in [3.63, 3.8) is 0 Å². The minimum atomic E-state index is -0.406. The maximum Gasteiger partial charge on any atom is 0.410 e. The van der Waals surface area contributed by atoms with E-state index >= 15 is 0 Å². The Labute approximate surface area is 122 Å². The zero-order valence-corrected chi connectivity index (χ0v) is 12.3. The molecule has 0 radical (unpaired) electrons. The van der Waals surface area contributed by atoms with E-state index in [0.717, 1.165) is 29.9 Å². The highest BCUT2D eigenvalue weighted by Gasteiger charge is 2.35. The summed E-state index contributed by atoms with van der Waals surface area (Å²) in [6.45, 7) is 5.39. The van der Waals surface area contributed by atoms with Crippen LogP contribution in [0.25, 0.3) is 0 Å². The van der Waals surface area contributed by atoms with Gasteiger partial charge in [0.1, 0.15) is 18.9 Å². The summed E-state index contributed by atoms with van der Waals surface area (Å²) in [5, 5.41) is 3.97. The van der Waals surface area contributed by atoms with Crippen molar-refractivity contribution >= 4 is 12.0 Å². The third kappa shape index (κ3) is 2.48. The first-order valence-electron chi connectivity index (χ1n) is 7.22. The van der Waals surface area contributed by atoms with E-state index in [1.54, 1.807) is 0 Å². The monoisotopic (exact) mass is 293 g/mol. The van der Waals surface area contributed by atoms with Crippen LogP contribution in [0.2, 0.25) is 0 Å². The third-order valence-electron chi connectivity index (χ3n) is 4.17. The van der Waals surface area contributed by atoms with Crippen molar-refractivity contribution in [1.29, 1.82) is 0 Å². The van der Waals surface area contributed by atoms with Crippen molar-refractivity contribution < 1.29 is 18.8 Å². The van der Waals surface area contributed by atoms with E-state index < -0.39 is 6.09 Å². The molecule has 3 heterocycles. The molecular weight excluding hydrogens is 274 g/mol. The van der Waals surface area contributed by atoms with Gasteiger partial charge in [-0.1, -0.05) is 5.16 Å². The topological polar surface area (TPSA) is 75.9 Å². The van der Waals surface area contributed by atoms with Gasteiger partial charge in [0.25, 0.3) is 0 Å². The van der Waals surface area contributed by atoms with Gasteiger partial charge < -0.3 is 14.2 Å². The first-order chi connectivity index (χ1) is 10.1. The summed E-state index contributed by atoms with van der Waals surface area (Å²) < 4.78 is 10.1. The van der Waals surface area contributed by atoms with Crippen molar-refractivity contribution in [2.75, 3.05) is 26.2 Å². The van der Waals surface area contributed by atoms with Crippen LogP contribution in [0.3, 0.4) is 0 Å². The lowest BCUT2D eigenvalue weighted by atomic mass is 10.0. The van der Waals surface area contributed by atoms with Crippen LogP contribution in [0.15, 0.2) is 4.52 Å².